The average molecular weight is 233 g/mol. The Morgan fingerprint density at radius 2 is 1.82 bits per heavy atom. The third-order valence-electron chi connectivity index (χ3n) is 3.34. The van der Waals surface area contributed by atoms with Crippen molar-refractivity contribution in [3.05, 3.63) is 29.8 Å². The van der Waals surface area contributed by atoms with Crippen LogP contribution in [0.25, 0.3) is 0 Å². The summed E-state index contributed by atoms with van der Waals surface area (Å²) in [7, 11) is 0. The van der Waals surface area contributed by atoms with E-state index < -0.39 is 5.91 Å². The molecular formula is C13H19N3O. The molecule has 92 valence electrons. The van der Waals surface area contributed by atoms with Gasteiger partial charge in [0.1, 0.15) is 0 Å². The number of carbonyl (C=O) groups excluding carboxylic acids is 1. The van der Waals surface area contributed by atoms with E-state index in [0.29, 0.717) is 11.6 Å². The fourth-order valence-electron chi connectivity index (χ4n) is 2.28. The first-order valence-corrected chi connectivity index (χ1v) is 6.09. The van der Waals surface area contributed by atoms with Crippen LogP contribution in [0.4, 0.5) is 5.69 Å². The zero-order valence-corrected chi connectivity index (χ0v) is 9.86. The number of rotatable bonds is 3. The van der Waals surface area contributed by atoms with Crippen LogP contribution in [0.1, 0.15) is 36.0 Å². The monoisotopic (exact) mass is 233 g/mol. The Balaban J connectivity index is 2.00. The molecule has 0 aromatic heterocycles. The molecule has 0 aliphatic heterocycles. The van der Waals surface area contributed by atoms with Crippen LogP contribution in [0.3, 0.4) is 0 Å². The summed E-state index contributed by atoms with van der Waals surface area (Å²) in [5.41, 5.74) is 12.8. The number of anilines is 1. The highest BCUT2D eigenvalue weighted by molar-refractivity contribution is 5.93. The molecule has 4 nitrogen and oxygen atoms in total. The zero-order chi connectivity index (χ0) is 12.3. The van der Waals surface area contributed by atoms with Crippen LogP contribution in [-0.2, 0) is 0 Å². The Hall–Kier alpha value is -1.55. The Kier molecular flexibility index (Phi) is 3.64. The van der Waals surface area contributed by atoms with Crippen LogP contribution < -0.4 is 16.8 Å². The summed E-state index contributed by atoms with van der Waals surface area (Å²) in [6.45, 7) is 0. The first kappa shape index (κ1) is 11.9. The van der Waals surface area contributed by atoms with Gasteiger partial charge in [-0.3, -0.25) is 4.79 Å². The van der Waals surface area contributed by atoms with E-state index in [1.165, 1.54) is 12.8 Å². The fraction of sp³-hybridized carbons (Fsp3) is 0.462. The first-order valence-electron chi connectivity index (χ1n) is 6.09. The maximum absolute atomic E-state index is 10.9. The van der Waals surface area contributed by atoms with Crippen molar-refractivity contribution in [1.29, 1.82) is 0 Å². The second-order valence-corrected chi connectivity index (χ2v) is 4.64. The van der Waals surface area contributed by atoms with E-state index >= 15 is 0 Å². The molecule has 1 amide bonds. The summed E-state index contributed by atoms with van der Waals surface area (Å²) in [5.74, 6) is -0.397. The van der Waals surface area contributed by atoms with Gasteiger partial charge in [0.05, 0.1) is 0 Å². The molecule has 4 heteroatoms. The molecule has 1 saturated carbocycles. The van der Waals surface area contributed by atoms with Gasteiger partial charge < -0.3 is 16.8 Å². The molecule has 5 N–H and O–H groups in total. The van der Waals surface area contributed by atoms with Crippen molar-refractivity contribution in [2.45, 2.75) is 37.8 Å². The highest BCUT2D eigenvalue weighted by Crippen LogP contribution is 2.21. The van der Waals surface area contributed by atoms with Crippen LogP contribution in [-0.4, -0.2) is 18.0 Å². The fourth-order valence-corrected chi connectivity index (χ4v) is 2.28. The normalized spacial score (nSPS) is 24.3. The number of benzene rings is 1. The minimum absolute atomic E-state index is 0.222. The summed E-state index contributed by atoms with van der Waals surface area (Å²) in [6.07, 6.45) is 4.64. The molecule has 1 aliphatic rings. The number of nitrogens with two attached hydrogens (primary N) is 2. The highest BCUT2D eigenvalue weighted by Gasteiger charge is 2.21. The van der Waals surface area contributed by atoms with Gasteiger partial charge in [-0.15, -0.1) is 0 Å². The molecule has 0 radical (unpaired) electrons. The Morgan fingerprint density at radius 1 is 1.18 bits per heavy atom. The van der Waals surface area contributed by atoms with Crippen LogP contribution in [0.2, 0.25) is 0 Å². The van der Waals surface area contributed by atoms with Crippen molar-refractivity contribution in [1.82, 2.24) is 0 Å². The molecule has 0 bridgehead atoms. The van der Waals surface area contributed by atoms with Crippen molar-refractivity contribution >= 4 is 11.6 Å². The van der Waals surface area contributed by atoms with E-state index in [9.17, 15) is 4.79 Å². The topological polar surface area (TPSA) is 81.1 Å². The molecule has 1 fully saturated rings. The quantitative estimate of drug-likeness (QED) is 0.739. The van der Waals surface area contributed by atoms with Crippen molar-refractivity contribution < 1.29 is 4.79 Å². The van der Waals surface area contributed by atoms with Crippen LogP contribution in [0, 0.1) is 0 Å². The zero-order valence-electron chi connectivity index (χ0n) is 9.86. The molecule has 2 atom stereocenters. The highest BCUT2D eigenvalue weighted by atomic mass is 16.1. The Bertz CT molecular complexity index is 388. The van der Waals surface area contributed by atoms with Crippen molar-refractivity contribution in [3.63, 3.8) is 0 Å². The summed E-state index contributed by atoms with van der Waals surface area (Å²) in [5, 5.41) is 3.42. The van der Waals surface area contributed by atoms with Crippen molar-refractivity contribution in [2.75, 3.05) is 5.32 Å². The molecular weight excluding hydrogens is 214 g/mol. The molecule has 1 aliphatic carbocycles. The van der Waals surface area contributed by atoms with Crippen LogP contribution in [0.5, 0.6) is 0 Å². The van der Waals surface area contributed by atoms with Gasteiger partial charge in [-0.2, -0.15) is 0 Å². The largest absolute Gasteiger partial charge is 0.381 e. The smallest absolute Gasteiger partial charge is 0.248 e. The predicted octanol–water partition coefficient (Wildman–Crippen LogP) is 1.47. The lowest BCUT2D eigenvalue weighted by atomic mass is 9.91. The van der Waals surface area contributed by atoms with E-state index in [1.54, 1.807) is 12.1 Å². The number of hydrogen-bond donors (Lipinski definition) is 3. The molecule has 1 aromatic rings. The minimum Gasteiger partial charge on any atom is -0.381 e. The SMILES string of the molecule is NC(=O)c1ccc(N[C@@H]2CCCC[C@@H]2N)cc1. The van der Waals surface area contributed by atoms with E-state index in [2.05, 4.69) is 5.32 Å². The van der Waals surface area contributed by atoms with Gasteiger partial charge in [0, 0.05) is 23.3 Å². The standard InChI is InChI=1S/C13H19N3O/c14-11-3-1-2-4-12(11)16-10-7-5-9(6-8-10)13(15)17/h5-8,11-12,16H,1-4,14H2,(H2,15,17)/t11-,12+/m0/s1. The van der Waals surface area contributed by atoms with Gasteiger partial charge in [0.25, 0.3) is 0 Å². The van der Waals surface area contributed by atoms with Crippen molar-refractivity contribution in [3.8, 4) is 0 Å². The number of nitrogens with one attached hydrogen (secondary N) is 1. The van der Waals surface area contributed by atoms with Gasteiger partial charge in [-0.25, -0.2) is 0 Å². The van der Waals surface area contributed by atoms with E-state index in [-0.39, 0.29) is 6.04 Å². The summed E-state index contributed by atoms with van der Waals surface area (Å²) < 4.78 is 0. The van der Waals surface area contributed by atoms with Gasteiger partial charge in [-0.1, -0.05) is 12.8 Å². The van der Waals surface area contributed by atoms with E-state index in [0.717, 1.165) is 18.5 Å². The molecule has 0 spiro atoms. The molecule has 17 heavy (non-hydrogen) atoms. The molecule has 1 aromatic carbocycles. The lowest BCUT2D eigenvalue weighted by Crippen LogP contribution is -2.42. The number of amides is 1. The maximum atomic E-state index is 10.9. The van der Waals surface area contributed by atoms with E-state index in [1.807, 2.05) is 12.1 Å². The van der Waals surface area contributed by atoms with Crippen LogP contribution >= 0.6 is 0 Å². The van der Waals surface area contributed by atoms with Gasteiger partial charge in [0.15, 0.2) is 0 Å². The Labute approximate surface area is 101 Å². The molecule has 2 rings (SSSR count). The second-order valence-electron chi connectivity index (χ2n) is 4.64. The Morgan fingerprint density at radius 3 is 2.41 bits per heavy atom. The van der Waals surface area contributed by atoms with Gasteiger partial charge in [0.2, 0.25) is 5.91 Å². The second kappa shape index (κ2) is 5.19. The minimum atomic E-state index is -0.397. The third kappa shape index (κ3) is 2.97. The van der Waals surface area contributed by atoms with Gasteiger partial charge >= 0.3 is 0 Å². The third-order valence-corrected chi connectivity index (χ3v) is 3.34. The molecule has 0 unspecified atom stereocenters. The number of hydrogen-bond acceptors (Lipinski definition) is 3. The van der Waals surface area contributed by atoms with Crippen LogP contribution in [0.15, 0.2) is 24.3 Å². The van der Waals surface area contributed by atoms with E-state index in [4.69, 9.17) is 11.5 Å². The van der Waals surface area contributed by atoms with Crippen molar-refractivity contribution in [2.24, 2.45) is 11.5 Å². The lowest BCUT2D eigenvalue weighted by molar-refractivity contribution is 0.100. The average Bonchev–Trinajstić information content (AvgIpc) is 2.33. The summed E-state index contributed by atoms with van der Waals surface area (Å²) in [4.78, 5) is 10.9. The molecule has 0 saturated heterocycles. The lowest BCUT2D eigenvalue weighted by Gasteiger charge is -2.30. The number of primary amides is 1. The summed E-state index contributed by atoms with van der Waals surface area (Å²) >= 11 is 0. The maximum Gasteiger partial charge on any atom is 0.248 e. The first-order chi connectivity index (χ1) is 8.16. The van der Waals surface area contributed by atoms with Gasteiger partial charge in [-0.05, 0) is 37.1 Å². The number of carbonyl (C=O) groups is 1. The summed E-state index contributed by atoms with van der Waals surface area (Å²) in [6, 6.07) is 7.78. The predicted molar refractivity (Wildman–Crippen MR) is 68.8 cm³/mol. The molecule has 0 heterocycles.